The Kier molecular flexibility index (Phi) is 6.24. The second kappa shape index (κ2) is 8.17. The van der Waals surface area contributed by atoms with Gasteiger partial charge in [0.05, 0.1) is 19.2 Å². The van der Waals surface area contributed by atoms with Crippen molar-refractivity contribution in [1.29, 1.82) is 0 Å². The van der Waals surface area contributed by atoms with Crippen LogP contribution in [0.3, 0.4) is 0 Å². The molecule has 1 aliphatic rings. The standard InChI is InChI=1S/C16H21BrN2O3/c1-22-14-8-7-11(17)9-13(14)16(21)18-10-15(20)19-12-5-3-2-4-6-12/h7-9,12H,2-6,10H2,1H3,(H,18,21)(H,19,20). The summed E-state index contributed by atoms with van der Waals surface area (Å²) in [6.45, 7) is -0.0228. The van der Waals surface area contributed by atoms with Crippen molar-refractivity contribution >= 4 is 27.7 Å². The number of rotatable bonds is 5. The van der Waals surface area contributed by atoms with E-state index < -0.39 is 0 Å². The number of amides is 2. The third-order valence-electron chi connectivity index (χ3n) is 3.79. The van der Waals surface area contributed by atoms with E-state index in [0.29, 0.717) is 11.3 Å². The molecule has 1 aliphatic carbocycles. The van der Waals surface area contributed by atoms with Crippen LogP contribution in [-0.2, 0) is 4.79 Å². The van der Waals surface area contributed by atoms with Crippen molar-refractivity contribution in [2.75, 3.05) is 13.7 Å². The van der Waals surface area contributed by atoms with Gasteiger partial charge in [-0.2, -0.15) is 0 Å². The molecular formula is C16H21BrN2O3. The predicted molar refractivity (Wildman–Crippen MR) is 88.0 cm³/mol. The van der Waals surface area contributed by atoms with Crippen LogP contribution in [0.2, 0.25) is 0 Å². The van der Waals surface area contributed by atoms with Crippen molar-refractivity contribution in [3.05, 3.63) is 28.2 Å². The van der Waals surface area contributed by atoms with Crippen molar-refractivity contribution in [2.45, 2.75) is 38.1 Å². The summed E-state index contributed by atoms with van der Waals surface area (Å²) in [5.74, 6) is 0.0135. The number of ether oxygens (including phenoxy) is 1. The Hall–Kier alpha value is -1.56. The quantitative estimate of drug-likeness (QED) is 0.839. The monoisotopic (exact) mass is 368 g/mol. The van der Waals surface area contributed by atoms with Gasteiger partial charge in [-0.15, -0.1) is 0 Å². The minimum absolute atomic E-state index is 0.0228. The van der Waals surface area contributed by atoms with E-state index >= 15 is 0 Å². The van der Waals surface area contributed by atoms with Crippen molar-refractivity contribution in [3.63, 3.8) is 0 Å². The summed E-state index contributed by atoms with van der Waals surface area (Å²) in [6, 6.07) is 5.43. The number of methoxy groups -OCH3 is 1. The third-order valence-corrected chi connectivity index (χ3v) is 4.28. The van der Waals surface area contributed by atoms with Gasteiger partial charge in [0, 0.05) is 10.5 Å². The molecule has 1 saturated carbocycles. The summed E-state index contributed by atoms with van der Waals surface area (Å²) >= 11 is 3.32. The first-order valence-corrected chi connectivity index (χ1v) is 8.30. The van der Waals surface area contributed by atoms with E-state index in [1.165, 1.54) is 13.5 Å². The molecule has 0 heterocycles. The molecule has 0 radical (unpaired) electrons. The van der Waals surface area contributed by atoms with Gasteiger partial charge in [-0.25, -0.2) is 0 Å². The summed E-state index contributed by atoms with van der Waals surface area (Å²) in [7, 11) is 1.51. The Morgan fingerprint density at radius 1 is 1.27 bits per heavy atom. The van der Waals surface area contributed by atoms with Gasteiger partial charge in [0.2, 0.25) is 5.91 Å². The first-order valence-electron chi connectivity index (χ1n) is 7.51. The molecule has 0 spiro atoms. The van der Waals surface area contributed by atoms with Gasteiger partial charge in [0.15, 0.2) is 0 Å². The molecule has 5 nitrogen and oxygen atoms in total. The Labute approximate surface area is 138 Å². The van der Waals surface area contributed by atoms with Crippen LogP contribution in [0.4, 0.5) is 0 Å². The zero-order valence-electron chi connectivity index (χ0n) is 12.7. The van der Waals surface area contributed by atoms with E-state index in [4.69, 9.17) is 4.74 Å². The fraction of sp³-hybridized carbons (Fsp3) is 0.500. The van der Waals surface area contributed by atoms with Crippen LogP contribution in [0.1, 0.15) is 42.5 Å². The molecule has 120 valence electrons. The number of halogens is 1. The fourth-order valence-electron chi connectivity index (χ4n) is 2.64. The Morgan fingerprint density at radius 2 is 2.00 bits per heavy atom. The highest BCUT2D eigenvalue weighted by Crippen LogP contribution is 2.22. The topological polar surface area (TPSA) is 67.4 Å². The highest BCUT2D eigenvalue weighted by molar-refractivity contribution is 9.10. The van der Waals surface area contributed by atoms with Crippen LogP contribution in [0.5, 0.6) is 5.75 Å². The number of hydrogen-bond acceptors (Lipinski definition) is 3. The van der Waals surface area contributed by atoms with Crippen molar-refractivity contribution in [1.82, 2.24) is 10.6 Å². The SMILES string of the molecule is COc1ccc(Br)cc1C(=O)NCC(=O)NC1CCCCC1. The van der Waals surface area contributed by atoms with E-state index in [0.717, 1.165) is 30.2 Å². The van der Waals surface area contributed by atoms with Gasteiger partial charge < -0.3 is 15.4 Å². The lowest BCUT2D eigenvalue weighted by atomic mass is 9.95. The lowest BCUT2D eigenvalue weighted by Gasteiger charge is -2.22. The van der Waals surface area contributed by atoms with Gasteiger partial charge in [-0.1, -0.05) is 35.2 Å². The minimum atomic E-state index is -0.322. The molecular weight excluding hydrogens is 348 g/mol. The molecule has 0 atom stereocenters. The average Bonchev–Trinajstić information content (AvgIpc) is 2.53. The average molecular weight is 369 g/mol. The maximum absolute atomic E-state index is 12.2. The zero-order valence-corrected chi connectivity index (χ0v) is 14.2. The molecule has 2 rings (SSSR count). The largest absolute Gasteiger partial charge is 0.496 e. The van der Waals surface area contributed by atoms with E-state index in [1.807, 2.05) is 0 Å². The van der Waals surface area contributed by atoms with Crippen LogP contribution < -0.4 is 15.4 Å². The van der Waals surface area contributed by atoms with E-state index in [9.17, 15) is 9.59 Å². The maximum atomic E-state index is 12.2. The van der Waals surface area contributed by atoms with E-state index in [-0.39, 0.29) is 24.4 Å². The molecule has 2 N–H and O–H groups in total. The Morgan fingerprint density at radius 3 is 2.68 bits per heavy atom. The molecule has 0 saturated heterocycles. The molecule has 0 aromatic heterocycles. The predicted octanol–water partition coefficient (Wildman–Crippen LogP) is 2.64. The molecule has 22 heavy (non-hydrogen) atoms. The number of hydrogen-bond donors (Lipinski definition) is 2. The normalized spacial score (nSPS) is 15.2. The molecule has 1 aromatic carbocycles. The van der Waals surface area contributed by atoms with Gasteiger partial charge in [0.1, 0.15) is 5.75 Å². The van der Waals surface area contributed by atoms with Crippen LogP contribution >= 0.6 is 15.9 Å². The maximum Gasteiger partial charge on any atom is 0.255 e. The lowest BCUT2D eigenvalue weighted by molar-refractivity contribution is -0.121. The van der Waals surface area contributed by atoms with E-state index in [2.05, 4.69) is 26.6 Å². The Balaban J connectivity index is 1.86. The first-order chi connectivity index (χ1) is 10.6. The second-order valence-corrected chi connectivity index (χ2v) is 6.35. The van der Waals surface area contributed by atoms with Crippen molar-refractivity contribution < 1.29 is 14.3 Å². The molecule has 0 unspecified atom stereocenters. The molecule has 0 aliphatic heterocycles. The molecule has 1 aromatic rings. The third kappa shape index (κ3) is 4.73. The number of nitrogens with one attached hydrogen (secondary N) is 2. The summed E-state index contributed by atoms with van der Waals surface area (Å²) < 4.78 is 5.95. The smallest absolute Gasteiger partial charge is 0.255 e. The highest BCUT2D eigenvalue weighted by Gasteiger charge is 2.17. The fourth-order valence-corrected chi connectivity index (χ4v) is 3.00. The van der Waals surface area contributed by atoms with Gasteiger partial charge in [0.25, 0.3) is 5.91 Å². The van der Waals surface area contributed by atoms with Crippen LogP contribution in [0, 0.1) is 0 Å². The van der Waals surface area contributed by atoms with Crippen LogP contribution in [0.15, 0.2) is 22.7 Å². The number of benzene rings is 1. The number of carbonyl (C=O) groups is 2. The summed E-state index contributed by atoms with van der Waals surface area (Å²) in [5, 5.41) is 5.61. The zero-order chi connectivity index (χ0) is 15.9. The van der Waals surface area contributed by atoms with E-state index in [1.54, 1.807) is 18.2 Å². The lowest BCUT2D eigenvalue weighted by Crippen LogP contribution is -2.42. The molecule has 0 bridgehead atoms. The molecule has 6 heteroatoms. The number of carbonyl (C=O) groups excluding carboxylic acids is 2. The summed E-state index contributed by atoms with van der Waals surface area (Å²) in [6.07, 6.45) is 5.61. The van der Waals surface area contributed by atoms with Crippen LogP contribution in [0.25, 0.3) is 0 Å². The first kappa shape index (κ1) is 16.8. The van der Waals surface area contributed by atoms with Gasteiger partial charge in [-0.3, -0.25) is 9.59 Å². The highest BCUT2D eigenvalue weighted by atomic mass is 79.9. The Bertz CT molecular complexity index is 542. The van der Waals surface area contributed by atoms with Gasteiger partial charge >= 0.3 is 0 Å². The molecule has 2 amide bonds. The second-order valence-electron chi connectivity index (χ2n) is 5.43. The molecule has 1 fully saturated rings. The van der Waals surface area contributed by atoms with Crippen molar-refractivity contribution in [2.24, 2.45) is 0 Å². The van der Waals surface area contributed by atoms with Gasteiger partial charge in [-0.05, 0) is 31.0 Å². The minimum Gasteiger partial charge on any atom is -0.496 e. The summed E-state index contributed by atoms with van der Waals surface area (Å²) in [4.78, 5) is 24.1. The van der Waals surface area contributed by atoms with Crippen LogP contribution in [-0.4, -0.2) is 31.5 Å². The van der Waals surface area contributed by atoms with Crippen molar-refractivity contribution in [3.8, 4) is 5.75 Å². The summed E-state index contributed by atoms with van der Waals surface area (Å²) in [5.41, 5.74) is 0.405.